The SMILES string of the molecule is O=C(O)CC(NC(=O)CCNC(=O)[C@H]1O[C@@H](N2CCC(=O)NC2=O)[C@H](O)C1O)C(=O)O. The number of ether oxygens (including phenoxy) is 1. The van der Waals surface area contributed by atoms with E-state index in [1.165, 1.54) is 0 Å². The molecule has 0 aliphatic carbocycles. The second kappa shape index (κ2) is 10.1. The molecule has 15 heteroatoms. The van der Waals surface area contributed by atoms with Gasteiger partial charge in [-0.15, -0.1) is 0 Å². The molecular weight excluding hydrogens is 424 g/mol. The minimum absolute atomic E-state index is 0.0559. The van der Waals surface area contributed by atoms with Crippen LogP contribution < -0.4 is 16.0 Å². The van der Waals surface area contributed by atoms with E-state index in [4.69, 9.17) is 14.9 Å². The van der Waals surface area contributed by atoms with E-state index in [1.807, 2.05) is 10.6 Å². The minimum atomic E-state index is -1.70. The number of hydrogen-bond acceptors (Lipinski definition) is 9. The summed E-state index contributed by atoms with van der Waals surface area (Å²) in [4.78, 5) is 69.6. The Hall–Kier alpha value is -3.30. The lowest BCUT2D eigenvalue weighted by Crippen LogP contribution is -2.56. The molecule has 0 aromatic heterocycles. The Balaban J connectivity index is 1.84. The van der Waals surface area contributed by atoms with Gasteiger partial charge in [0.05, 0.1) is 6.42 Å². The van der Waals surface area contributed by atoms with E-state index in [1.54, 1.807) is 0 Å². The second-order valence-corrected chi connectivity index (χ2v) is 6.82. The van der Waals surface area contributed by atoms with Crippen molar-refractivity contribution in [1.29, 1.82) is 0 Å². The second-order valence-electron chi connectivity index (χ2n) is 6.82. The zero-order valence-electron chi connectivity index (χ0n) is 16.0. The highest BCUT2D eigenvalue weighted by Crippen LogP contribution is 2.25. The van der Waals surface area contributed by atoms with Gasteiger partial charge in [-0.3, -0.25) is 29.4 Å². The van der Waals surface area contributed by atoms with Crippen molar-refractivity contribution in [3.05, 3.63) is 0 Å². The maximum Gasteiger partial charge on any atom is 0.326 e. The first kappa shape index (κ1) is 24.0. The van der Waals surface area contributed by atoms with Crippen molar-refractivity contribution in [2.45, 2.75) is 49.8 Å². The summed E-state index contributed by atoms with van der Waals surface area (Å²) in [6, 6.07) is -2.49. The number of aliphatic hydroxyl groups excluding tert-OH is 2. The molecule has 172 valence electrons. The molecule has 0 aromatic carbocycles. The molecule has 7 N–H and O–H groups in total. The van der Waals surface area contributed by atoms with E-state index < -0.39 is 79.1 Å². The van der Waals surface area contributed by atoms with Gasteiger partial charge in [-0.25, -0.2) is 9.59 Å². The first-order valence-electron chi connectivity index (χ1n) is 9.15. The van der Waals surface area contributed by atoms with Crippen LogP contribution in [0.1, 0.15) is 19.3 Å². The molecule has 0 spiro atoms. The van der Waals surface area contributed by atoms with E-state index in [0.29, 0.717) is 0 Å². The van der Waals surface area contributed by atoms with Gasteiger partial charge in [-0.05, 0) is 0 Å². The molecule has 2 heterocycles. The summed E-state index contributed by atoms with van der Waals surface area (Å²) in [6.07, 6.45) is -7.58. The third-order valence-corrected chi connectivity index (χ3v) is 4.55. The average Bonchev–Trinajstić information content (AvgIpc) is 2.96. The molecule has 2 aliphatic heterocycles. The summed E-state index contributed by atoms with van der Waals surface area (Å²) in [5, 5.41) is 44.0. The molecule has 2 fully saturated rings. The normalized spacial score (nSPS) is 26.7. The number of carboxylic acid groups (broad SMARTS) is 2. The Labute approximate surface area is 174 Å². The van der Waals surface area contributed by atoms with Gasteiger partial charge in [0.25, 0.3) is 5.91 Å². The van der Waals surface area contributed by atoms with Crippen molar-refractivity contribution in [2.24, 2.45) is 0 Å². The van der Waals surface area contributed by atoms with Gasteiger partial charge in [0, 0.05) is 25.9 Å². The smallest absolute Gasteiger partial charge is 0.326 e. The Morgan fingerprint density at radius 1 is 1.16 bits per heavy atom. The van der Waals surface area contributed by atoms with Crippen molar-refractivity contribution < 1.29 is 53.9 Å². The Kier molecular flexibility index (Phi) is 7.84. The van der Waals surface area contributed by atoms with Gasteiger partial charge in [-0.1, -0.05) is 0 Å². The molecule has 2 rings (SSSR count). The lowest BCUT2D eigenvalue weighted by Gasteiger charge is -2.32. The largest absolute Gasteiger partial charge is 0.481 e. The summed E-state index contributed by atoms with van der Waals surface area (Å²) in [7, 11) is 0. The molecule has 5 amide bonds. The number of rotatable bonds is 9. The zero-order chi connectivity index (χ0) is 23.3. The predicted molar refractivity (Wildman–Crippen MR) is 95.0 cm³/mol. The highest BCUT2D eigenvalue weighted by molar-refractivity contribution is 5.96. The number of carboxylic acids is 2. The molecule has 0 radical (unpaired) electrons. The minimum Gasteiger partial charge on any atom is -0.481 e. The molecule has 0 bridgehead atoms. The molecular formula is C16H22N4O11. The molecule has 2 unspecified atom stereocenters. The Morgan fingerprint density at radius 3 is 2.42 bits per heavy atom. The number of imide groups is 1. The number of urea groups is 1. The van der Waals surface area contributed by atoms with Gasteiger partial charge >= 0.3 is 18.0 Å². The van der Waals surface area contributed by atoms with Gasteiger partial charge in [0.2, 0.25) is 11.8 Å². The summed E-state index contributed by atoms with van der Waals surface area (Å²) in [5.41, 5.74) is 0. The molecule has 0 saturated carbocycles. The van der Waals surface area contributed by atoms with Crippen LogP contribution >= 0.6 is 0 Å². The predicted octanol–water partition coefficient (Wildman–Crippen LogP) is -4.07. The van der Waals surface area contributed by atoms with E-state index in [0.717, 1.165) is 4.90 Å². The summed E-state index contributed by atoms with van der Waals surface area (Å²) >= 11 is 0. The third-order valence-electron chi connectivity index (χ3n) is 4.55. The van der Waals surface area contributed by atoms with E-state index in [-0.39, 0.29) is 19.5 Å². The van der Waals surface area contributed by atoms with Crippen molar-refractivity contribution in [2.75, 3.05) is 13.1 Å². The monoisotopic (exact) mass is 446 g/mol. The number of carbonyl (C=O) groups excluding carboxylic acids is 4. The van der Waals surface area contributed by atoms with Crippen LogP contribution in [-0.4, -0.2) is 105 Å². The van der Waals surface area contributed by atoms with Gasteiger partial charge in [-0.2, -0.15) is 0 Å². The van der Waals surface area contributed by atoms with Crippen LogP contribution in [0.2, 0.25) is 0 Å². The Morgan fingerprint density at radius 2 is 1.84 bits per heavy atom. The number of amides is 5. The number of hydrogen-bond donors (Lipinski definition) is 7. The van der Waals surface area contributed by atoms with E-state index >= 15 is 0 Å². The van der Waals surface area contributed by atoms with Crippen LogP contribution in [0.15, 0.2) is 0 Å². The fourth-order valence-corrected chi connectivity index (χ4v) is 2.99. The molecule has 2 saturated heterocycles. The maximum absolute atomic E-state index is 12.2. The quantitative estimate of drug-likeness (QED) is 0.180. The van der Waals surface area contributed by atoms with Crippen molar-refractivity contribution in [1.82, 2.24) is 20.9 Å². The molecule has 5 atom stereocenters. The lowest BCUT2D eigenvalue weighted by molar-refractivity contribution is -0.147. The Bertz CT molecular complexity index is 773. The molecule has 0 aromatic rings. The number of nitrogens with zero attached hydrogens (tertiary/aromatic N) is 1. The molecule has 31 heavy (non-hydrogen) atoms. The average molecular weight is 446 g/mol. The summed E-state index contributed by atoms with van der Waals surface area (Å²) in [6.45, 7) is -0.398. The van der Waals surface area contributed by atoms with E-state index in [2.05, 4.69) is 5.32 Å². The highest BCUT2D eigenvalue weighted by Gasteiger charge is 2.50. The molecule has 2 aliphatic rings. The van der Waals surface area contributed by atoms with Crippen LogP contribution in [0.5, 0.6) is 0 Å². The topological polar surface area (TPSA) is 232 Å². The van der Waals surface area contributed by atoms with Crippen molar-refractivity contribution in [3.8, 4) is 0 Å². The van der Waals surface area contributed by atoms with Crippen molar-refractivity contribution in [3.63, 3.8) is 0 Å². The summed E-state index contributed by atoms with van der Waals surface area (Å²) < 4.78 is 5.29. The van der Waals surface area contributed by atoms with Crippen LogP contribution in [0.4, 0.5) is 4.79 Å². The third kappa shape index (κ3) is 6.09. The van der Waals surface area contributed by atoms with Crippen LogP contribution in [0.25, 0.3) is 0 Å². The fraction of sp³-hybridized carbons (Fsp3) is 0.625. The zero-order valence-corrected chi connectivity index (χ0v) is 16.0. The first-order valence-corrected chi connectivity index (χ1v) is 9.15. The fourth-order valence-electron chi connectivity index (χ4n) is 2.99. The van der Waals surface area contributed by atoms with Gasteiger partial charge < -0.3 is 35.8 Å². The molecule has 15 nitrogen and oxygen atoms in total. The van der Waals surface area contributed by atoms with E-state index in [9.17, 15) is 39.0 Å². The first-order chi connectivity index (χ1) is 14.5. The van der Waals surface area contributed by atoms with Gasteiger partial charge in [0.1, 0.15) is 18.2 Å². The van der Waals surface area contributed by atoms with Crippen molar-refractivity contribution >= 4 is 35.7 Å². The number of carbonyl (C=O) groups is 6. The maximum atomic E-state index is 12.2. The standard InChI is InChI=1S/C16H22N4O11/c21-7(18-6(15(28)29)5-9(23)24)1-3-17-13(27)12-10(25)11(26)14(31-12)20-4-2-8(22)19-16(20)30/h6,10-12,14,25-26H,1-5H2,(H,17,27)(H,18,21)(H,23,24)(H,28,29)(H,19,22,30)/t6?,10?,11-,12+,14-/m1/s1. The van der Waals surface area contributed by atoms with Crippen LogP contribution in [0.3, 0.4) is 0 Å². The number of nitrogens with one attached hydrogen (secondary N) is 3. The highest BCUT2D eigenvalue weighted by atomic mass is 16.6. The number of aliphatic carboxylic acids is 2. The van der Waals surface area contributed by atoms with Gasteiger partial charge in [0.15, 0.2) is 12.3 Å². The summed E-state index contributed by atoms with van der Waals surface area (Å²) in [5.74, 6) is -5.22. The number of aliphatic hydroxyl groups is 2. The lowest BCUT2D eigenvalue weighted by atomic mass is 10.1. The van der Waals surface area contributed by atoms with Crippen LogP contribution in [0, 0.1) is 0 Å². The van der Waals surface area contributed by atoms with Crippen LogP contribution in [-0.2, 0) is 28.7 Å².